The van der Waals surface area contributed by atoms with E-state index in [0.29, 0.717) is 16.2 Å². The van der Waals surface area contributed by atoms with Gasteiger partial charge in [-0.1, -0.05) is 11.6 Å². The van der Waals surface area contributed by atoms with Crippen LogP contribution in [0, 0.1) is 0 Å². The maximum atomic E-state index is 11.7. The zero-order valence-corrected chi connectivity index (χ0v) is 12.6. The Labute approximate surface area is 127 Å². The molecule has 3 heterocycles. The van der Waals surface area contributed by atoms with E-state index in [4.69, 9.17) is 16.3 Å². The van der Waals surface area contributed by atoms with Crippen LogP contribution >= 0.6 is 11.6 Å². The number of esters is 1. The van der Waals surface area contributed by atoms with Crippen LogP contribution in [0.4, 0.5) is 0 Å². The molecule has 0 unspecified atom stereocenters. The molecule has 0 aromatic carbocycles. The van der Waals surface area contributed by atoms with Gasteiger partial charge < -0.3 is 9.64 Å². The molecule has 0 saturated carbocycles. The molecule has 1 aliphatic rings. The lowest BCUT2D eigenvalue weighted by Crippen LogP contribution is -2.22. The molecule has 112 valence electrons. The zero-order valence-electron chi connectivity index (χ0n) is 11.9. The predicted octanol–water partition coefficient (Wildman–Crippen LogP) is 1.81. The van der Waals surface area contributed by atoms with E-state index < -0.39 is 5.97 Å². The van der Waals surface area contributed by atoms with Crippen LogP contribution in [0.1, 0.15) is 29.0 Å². The first-order chi connectivity index (χ1) is 10.2. The molecule has 2 aromatic rings. The third-order valence-electron chi connectivity index (χ3n) is 3.80. The molecule has 1 fully saturated rings. The fourth-order valence-corrected chi connectivity index (χ4v) is 2.91. The molecule has 0 aliphatic carbocycles. The minimum atomic E-state index is -0.419. The van der Waals surface area contributed by atoms with Crippen molar-refractivity contribution in [2.24, 2.45) is 0 Å². The van der Waals surface area contributed by atoms with E-state index in [-0.39, 0.29) is 0 Å². The van der Waals surface area contributed by atoms with Gasteiger partial charge in [0.25, 0.3) is 0 Å². The lowest BCUT2D eigenvalue weighted by molar-refractivity contribution is 0.0600. The minimum Gasteiger partial charge on any atom is -0.465 e. The second-order valence-electron chi connectivity index (χ2n) is 5.18. The molecule has 3 rings (SSSR count). The first kappa shape index (κ1) is 14.3. The van der Waals surface area contributed by atoms with Crippen molar-refractivity contribution in [1.82, 2.24) is 19.5 Å². The molecule has 7 heteroatoms. The van der Waals surface area contributed by atoms with Gasteiger partial charge in [-0.2, -0.15) is 0 Å². The van der Waals surface area contributed by atoms with Crippen molar-refractivity contribution in [3.63, 3.8) is 0 Å². The fraction of sp³-hybridized carbons (Fsp3) is 0.500. The number of hydrogen-bond donors (Lipinski definition) is 0. The van der Waals surface area contributed by atoms with Gasteiger partial charge in [-0.05, 0) is 32.0 Å². The number of rotatable bonds is 4. The molecule has 0 radical (unpaired) electrons. The van der Waals surface area contributed by atoms with Crippen molar-refractivity contribution in [3.05, 3.63) is 28.7 Å². The maximum Gasteiger partial charge on any atom is 0.339 e. The van der Waals surface area contributed by atoms with Crippen LogP contribution in [0.25, 0.3) is 5.65 Å². The van der Waals surface area contributed by atoms with E-state index in [1.54, 1.807) is 16.7 Å². The Morgan fingerprint density at radius 2 is 2.14 bits per heavy atom. The Morgan fingerprint density at radius 1 is 1.38 bits per heavy atom. The maximum absolute atomic E-state index is 11.7. The number of carbonyl (C=O) groups is 1. The van der Waals surface area contributed by atoms with Crippen molar-refractivity contribution >= 4 is 23.2 Å². The normalized spacial score (nSPS) is 15.7. The average Bonchev–Trinajstić information content (AvgIpc) is 3.13. The smallest absolute Gasteiger partial charge is 0.339 e. The molecule has 0 atom stereocenters. The Balaban J connectivity index is 1.88. The van der Waals surface area contributed by atoms with Crippen LogP contribution in [0.15, 0.2) is 12.3 Å². The predicted molar refractivity (Wildman–Crippen MR) is 78.7 cm³/mol. The Bertz CT molecular complexity index is 664. The monoisotopic (exact) mass is 308 g/mol. The minimum absolute atomic E-state index is 0.400. The molecular formula is C14H17ClN4O2. The number of nitrogens with zero attached hydrogens (tertiary/aromatic N) is 4. The largest absolute Gasteiger partial charge is 0.465 e. The summed E-state index contributed by atoms with van der Waals surface area (Å²) in [7, 11) is 1.35. The first-order valence-electron chi connectivity index (χ1n) is 7.03. The summed E-state index contributed by atoms with van der Waals surface area (Å²) in [4.78, 5) is 14.1. The van der Waals surface area contributed by atoms with E-state index >= 15 is 0 Å². The summed E-state index contributed by atoms with van der Waals surface area (Å²) in [5, 5.41) is 8.69. The van der Waals surface area contributed by atoms with Gasteiger partial charge in [0.15, 0.2) is 5.65 Å². The van der Waals surface area contributed by atoms with Crippen LogP contribution in [0.3, 0.4) is 0 Å². The second-order valence-corrected chi connectivity index (χ2v) is 5.58. The summed E-state index contributed by atoms with van der Waals surface area (Å²) >= 11 is 6.16. The molecule has 6 nitrogen and oxygen atoms in total. The fourth-order valence-electron chi connectivity index (χ4n) is 2.66. The van der Waals surface area contributed by atoms with E-state index in [2.05, 4.69) is 15.1 Å². The van der Waals surface area contributed by atoms with Crippen LogP contribution in [-0.2, 0) is 11.2 Å². The number of aromatic nitrogens is 3. The molecule has 1 aliphatic heterocycles. The molecule has 1 saturated heterocycles. The van der Waals surface area contributed by atoms with E-state index in [9.17, 15) is 4.79 Å². The number of fused-ring (bicyclic) bond motifs is 1. The highest BCUT2D eigenvalue weighted by atomic mass is 35.5. The molecule has 0 amide bonds. The third-order valence-corrected chi connectivity index (χ3v) is 4.08. The van der Waals surface area contributed by atoms with E-state index in [0.717, 1.165) is 31.9 Å². The lowest BCUT2D eigenvalue weighted by Gasteiger charge is -2.13. The van der Waals surface area contributed by atoms with Gasteiger partial charge in [-0.25, -0.2) is 4.79 Å². The van der Waals surface area contributed by atoms with Crippen molar-refractivity contribution < 1.29 is 9.53 Å². The average molecular weight is 309 g/mol. The highest BCUT2D eigenvalue weighted by Gasteiger charge is 2.16. The molecule has 21 heavy (non-hydrogen) atoms. The van der Waals surface area contributed by atoms with Gasteiger partial charge in [0, 0.05) is 19.2 Å². The van der Waals surface area contributed by atoms with Crippen molar-refractivity contribution in [1.29, 1.82) is 0 Å². The number of likely N-dealkylation sites (tertiary alicyclic amines) is 1. The van der Waals surface area contributed by atoms with Crippen molar-refractivity contribution in [2.75, 3.05) is 26.7 Å². The Morgan fingerprint density at radius 3 is 2.86 bits per heavy atom. The summed E-state index contributed by atoms with van der Waals surface area (Å²) in [6.07, 6.45) is 4.99. The summed E-state index contributed by atoms with van der Waals surface area (Å²) < 4.78 is 6.52. The third kappa shape index (κ3) is 2.87. The molecular weight excluding hydrogens is 292 g/mol. The zero-order chi connectivity index (χ0) is 14.8. The van der Waals surface area contributed by atoms with Crippen molar-refractivity contribution in [3.8, 4) is 0 Å². The second kappa shape index (κ2) is 5.99. The number of methoxy groups -OCH3 is 1. The highest BCUT2D eigenvalue weighted by Crippen LogP contribution is 2.19. The van der Waals surface area contributed by atoms with Crippen LogP contribution in [-0.4, -0.2) is 52.2 Å². The van der Waals surface area contributed by atoms with Gasteiger partial charge in [0.2, 0.25) is 0 Å². The van der Waals surface area contributed by atoms with Crippen molar-refractivity contribution in [2.45, 2.75) is 19.3 Å². The highest BCUT2D eigenvalue weighted by molar-refractivity contribution is 6.33. The number of pyridine rings is 1. The SMILES string of the molecule is COC(=O)c1cc(Cl)c2nnc(CCN3CCCC3)n2c1. The Hall–Kier alpha value is -1.66. The summed E-state index contributed by atoms with van der Waals surface area (Å²) in [6, 6.07) is 1.56. The standard InChI is InChI=1S/C14H17ClN4O2/c1-21-14(20)10-8-11(15)13-17-16-12(19(13)9-10)4-7-18-5-2-3-6-18/h8-9H,2-7H2,1H3. The van der Waals surface area contributed by atoms with Gasteiger partial charge >= 0.3 is 5.97 Å². The molecule has 0 spiro atoms. The Kier molecular flexibility index (Phi) is 4.07. The number of carbonyl (C=O) groups excluding carboxylic acids is 1. The van der Waals surface area contributed by atoms with E-state index in [1.165, 1.54) is 20.0 Å². The first-order valence-corrected chi connectivity index (χ1v) is 7.40. The number of hydrogen-bond acceptors (Lipinski definition) is 5. The van der Waals surface area contributed by atoms with Gasteiger partial charge in [0.1, 0.15) is 5.82 Å². The number of halogens is 1. The summed E-state index contributed by atoms with van der Waals surface area (Å²) in [5.74, 6) is 0.391. The quantitative estimate of drug-likeness (QED) is 0.806. The molecule has 2 aromatic heterocycles. The van der Waals surface area contributed by atoms with Gasteiger partial charge in [-0.15, -0.1) is 10.2 Å². The van der Waals surface area contributed by atoms with Gasteiger partial charge in [0.05, 0.1) is 17.7 Å². The van der Waals surface area contributed by atoms with Crippen LogP contribution in [0.2, 0.25) is 5.02 Å². The summed E-state index contributed by atoms with van der Waals surface area (Å²) in [5.41, 5.74) is 0.970. The molecule has 0 bridgehead atoms. The topological polar surface area (TPSA) is 59.7 Å². The van der Waals surface area contributed by atoms with Gasteiger partial charge in [-0.3, -0.25) is 4.40 Å². The van der Waals surface area contributed by atoms with Crippen LogP contribution < -0.4 is 0 Å². The van der Waals surface area contributed by atoms with E-state index in [1.807, 2.05) is 0 Å². The lowest BCUT2D eigenvalue weighted by atomic mass is 10.3. The summed E-state index contributed by atoms with van der Waals surface area (Å²) in [6.45, 7) is 3.23. The molecule has 0 N–H and O–H groups in total. The number of ether oxygens (including phenoxy) is 1. The van der Waals surface area contributed by atoms with Crippen LogP contribution in [0.5, 0.6) is 0 Å².